The second kappa shape index (κ2) is 17.7. The van der Waals surface area contributed by atoms with Crippen LogP contribution in [0.25, 0.3) is 0 Å². The molecule has 3 aliphatic rings. The Balaban J connectivity index is 0.00000144. The zero-order valence-electron chi connectivity index (χ0n) is 33.7. The van der Waals surface area contributed by atoms with Crippen molar-refractivity contribution in [3.8, 4) is 11.5 Å². The predicted molar refractivity (Wildman–Crippen MR) is 212 cm³/mol. The molecule has 0 bridgehead atoms. The summed E-state index contributed by atoms with van der Waals surface area (Å²) in [7, 11) is 2.19. The van der Waals surface area contributed by atoms with Crippen LogP contribution in [0.15, 0.2) is 34.3 Å². The molecule has 2 heterocycles. The fraction of sp³-hybridized carbons (Fsp3) is 0.619. The second-order valence-corrected chi connectivity index (χ2v) is 17.8. The summed E-state index contributed by atoms with van der Waals surface area (Å²) in [6, 6.07) is 8.64. The zero-order chi connectivity index (χ0) is 38.6. The van der Waals surface area contributed by atoms with Crippen molar-refractivity contribution in [2.75, 3.05) is 39.8 Å². The maximum absolute atomic E-state index is 11.5. The van der Waals surface area contributed by atoms with Gasteiger partial charge in [-0.1, -0.05) is 87.3 Å². The number of phenols is 2. The van der Waals surface area contributed by atoms with Crippen LogP contribution in [-0.4, -0.2) is 111 Å². The van der Waals surface area contributed by atoms with Crippen molar-refractivity contribution < 1.29 is 47.2 Å². The van der Waals surface area contributed by atoms with E-state index in [0.29, 0.717) is 11.5 Å². The van der Waals surface area contributed by atoms with E-state index in [9.17, 15) is 10.2 Å². The van der Waals surface area contributed by atoms with E-state index in [1.165, 1.54) is 17.1 Å². The molecule has 2 aromatic rings. The van der Waals surface area contributed by atoms with Gasteiger partial charge in [0.25, 0.3) is 0 Å². The number of aromatic hydroxyl groups is 2. The Morgan fingerprint density at radius 1 is 0.792 bits per heavy atom. The number of carbonyl (C=O) groups is 1. The van der Waals surface area contributed by atoms with Gasteiger partial charge in [-0.25, -0.2) is 4.79 Å². The van der Waals surface area contributed by atoms with E-state index in [4.69, 9.17) is 25.0 Å². The summed E-state index contributed by atoms with van der Waals surface area (Å²) in [4.78, 5) is 23.7. The topological polar surface area (TPSA) is 132 Å². The summed E-state index contributed by atoms with van der Waals surface area (Å²) >= 11 is 0. The molecule has 10 nitrogen and oxygen atoms in total. The summed E-state index contributed by atoms with van der Waals surface area (Å²) < 4.78 is 2.37. The first-order valence-electron chi connectivity index (χ1n) is 19.0. The van der Waals surface area contributed by atoms with Gasteiger partial charge in [0.1, 0.15) is 11.5 Å². The number of nitrogens with zero attached hydrogens (tertiary/aromatic N) is 5. The molecule has 5 rings (SSSR count). The molecule has 53 heavy (non-hydrogen) atoms. The first-order chi connectivity index (χ1) is 24.2. The fourth-order valence-electron chi connectivity index (χ4n) is 7.37. The number of hydrogen-bond acceptors (Lipinski definition) is 7. The van der Waals surface area contributed by atoms with Crippen molar-refractivity contribution in [2.24, 2.45) is 9.98 Å². The second-order valence-electron chi connectivity index (χ2n) is 17.8. The smallest absolute Gasteiger partial charge is 0.503 e. The Morgan fingerprint density at radius 3 is 1.81 bits per heavy atom. The van der Waals surface area contributed by atoms with Crippen molar-refractivity contribution in [3.05, 3.63) is 57.6 Å². The third-order valence-electron chi connectivity index (χ3n) is 10.5. The predicted octanol–water partition coefficient (Wildman–Crippen LogP) is 7.62. The van der Waals surface area contributed by atoms with E-state index in [1.807, 2.05) is 12.4 Å². The molecule has 11 heteroatoms. The minimum atomic E-state index is -1.83. The number of hydrogen-bond donors (Lipinski definition) is 4. The maximum Gasteiger partial charge on any atom is 0.503 e. The van der Waals surface area contributed by atoms with Crippen molar-refractivity contribution >= 4 is 24.5 Å². The van der Waals surface area contributed by atoms with Crippen molar-refractivity contribution in [2.45, 2.75) is 129 Å². The Labute approximate surface area is 328 Å². The Morgan fingerprint density at radius 2 is 1.30 bits per heavy atom. The number of benzene rings is 2. The Hall–Kier alpha value is -3.55. The molecule has 292 valence electrons. The molecule has 0 amide bonds. The molecular weight excluding hydrogens is 706 g/mol. The molecule has 1 saturated heterocycles. The molecule has 2 aromatic carbocycles. The quantitative estimate of drug-likeness (QED) is 0.161. The third-order valence-corrected chi connectivity index (χ3v) is 10.5. The third kappa shape index (κ3) is 11.5. The largest absolute Gasteiger partial charge is 0.507 e. The van der Waals surface area contributed by atoms with Gasteiger partial charge in [0, 0.05) is 46.5 Å². The van der Waals surface area contributed by atoms with Crippen LogP contribution >= 0.6 is 0 Å². The number of carboxylic acid groups (broad SMARTS) is 2. The van der Waals surface area contributed by atoms with Gasteiger partial charge < -0.3 is 20.4 Å². The van der Waals surface area contributed by atoms with Crippen molar-refractivity contribution in [1.82, 2.24) is 9.80 Å². The fourth-order valence-corrected chi connectivity index (χ4v) is 7.37. The Bertz CT molecular complexity index is 1680. The van der Waals surface area contributed by atoms with Gasteiger partial charge in [0.15, 0.2) is 0 Å². The minimum Gasteiger partial charge on any atom is -0.507 e. The van der Waals surface area contributed by atoms with Crippen LogP contribution in [0.5, 0.6) is 11.5 Å². The Kier molecular flexibility index (Phi) is 14.7. The van der Waals surface area contributed by atoms with E-state index in [-0.39, 0.29) is 45.7 Å². The van der Waals surface area contributed by atoms with Crippen LogP contribution in [0.1, 0.15) is 128 Å². The van der Waals surface area contributed by atoms with E-state index >= 15 is 0 Å². The van der Waals surface area contributed by atoms with Crippen LogP contribution in [0.3, 0.4) is 0 Å². The number of aliphatic imine (C=N–C) groups is 2. The van der Waals surface area contributed by atoms with E-state index < -0.39 is 6.16 Å². The van der Waals surface area contributed by atoms with E-state index in [2.05, 4.69) is 108 Å². The summed E-state index contributed by atoms with van der Waals surface area (Å²) in [6.45, 7) is 25.2. The average Bonchev–Trinajstić information content (AvgIpc) is 3.61. The number of fused-ring (bicyclic) bond motifs is 1. The minimum absolute atomic E-state index is 0. The molecule has 0 spiro atoms. The van der Waals surface area contributed by atoms with Crippen LogP contribution in [-0.2, 0) is 40.0 Å². The van der Waals surface area contributed by atoms with Gasteiger partial charge in [-0.15, -0.1) is 0 Å². The molecule has 2 atom stereocenters. The first kappa shape index (κ1) is 43.9. The summed E-state index contributed by atoms with van der Waals surface area (Å²) in [5, 5.41) is 36.8. The number of rotatable bonds is 8. The summed E-state index contributed by atoms with van der Waals surface area (Å²) in [5.74, 6) is 2.05. The zero-order valence-corrected chi connectivity index (χ0v) is 35.0. The molecule has 1 aliphatic carbocycles. The average molecular weight is 771 g/mol. The SMILES string of the molecule is C[N+]1=C2N(CCCc3cc(C(C)(C)C)cc(C=NC4CCCCC4N=Cc4cc(C(C)(C)C)cc(C(C)(C)C)c4O)c3O)CCN2CC1.O=C(O)O.[Cr]. The molecule has 4 N–H and O–H groups in total. The molecule has 0 radical (unpaired) electrons. The molecule has 1 saturated carbocycles. The number of likely N-dealkylation sites (N-methyl/N-ethyl adjacent to an activating group) is 1. The van der Waals surface area contributed by atoms with Crippen molar-refractivity contribution in [3.63, 3.8) is 0 Å². The first-order valence-corrected chi connectivity index (χ1v) is 19.0. The monoisotopic (exact) mass is 770 g/mol. The maximum atomic E-state index is 11.5. The summed E-state index contributed by atoms with van der Waals surface area (Å²) in [6.07, 6.45) is 7.94. The molecule has 2 fully saturated rings. The molecule has 2 unspecified atom stereocenters. The number of phenolic OH excluding ortho intramolecular Hbond substituents is 2. The van der Waals surface area contributed by atoms with Crippen LogP contribution in [0.2, 0.25) is 0 Å². The number of guanidine groups is 1. The molecule has 0 aromatic heterocycles. The molecular formula is C42H64CrN5O5+. The number of aryl methyl sites for hydroxylation is 1. The summed E-state index contributed by atoms with van der Waals surface area (Å²) in [5.41, 5.74) is 5.67. The van der Waals surface area contributed by atoms with Crippen LogP contribution < -0.4 is 0 Å². The van der Waals surface area contributed by atoms with Gasteiger partial charge in [0.05, 0.1) is 51.9 Å². The standard InChI is InChI=1S/C41H61N5O2.CH2O3.Cr/c1-39(2,3)31-22-28(14-13-17-45-20-21-46-19-18-44(10)38(45)46)36(47)29(23-31)26-42-34-15-11-12-16-35(34)43-27-30-24-32(40(4,5)6)25-33(37(30)48)41(7,8)9;2-1(3)4;/h22-27,34-35H,11-21H2,1-10H3,(H-,42,43,47,48);(H2,2,3,4);/p+1. The van der Waals surface area contributed by atoms with E-state index in [1.54, 1.807) is 0 Å². The van der Waals surface area contributed by atoms with Gasteiger partial charge in [-0.2, -0.15) is 0 Å². The molecule has 2 aliphatic heterocycles. The van der Waals surface area contributed by atoms with Crippen LogP contribution in [0.4, 0.5) is 4.79 Å². The van der Waals surface area contributed by atoms with Gasteiger partial charge in [0.2, 0.25) is 0 Å². The van der Waals surface area contributed by atoms with Crippen LogP contribution in [0, 0.1) is 0 Å². The van der Waals surface area contributed by atoms with E-state index in [0.717, 1.165) is 93.5 Å². The van der Waals surface area contributed by atoms with Gasteiger partial charge in [-0.05, 0) is 70.8 Å². The van der Waals surface area contributed by atoms with Gasteiger partial charge >= 0.3 is 12.1 Å². The van der Waals surface area contributed by atoms with Crippen molar-refractivity contribution in [1.29, 1.82) is 0 Å². The van der Waals surface area contributed by atoms with Gasteiger partial charge in [-0.3, -0.25) is 24.4 Å². The normalized spacial score (nSPS) is 19.4.